The number of amides is 1. The molecule has 5 heteroatoms. The van der Waals surface area contributed by atoms with Gasteiger partial charge < -0.3 is 14.5 Å². The van der Waals surface area contributed by atoms with Crippen molar-refractivity contribution >= 4 is 28.2 Å². The van der Waals surface area contributed by atoms with Crippen molar-refractivity contribution in [3.8, 4) is 5.75 Å². The first kappa shape index (κ1) is 15.2. The van der Waals surface area contributed by atoms with Crippen molar-refractivity contribution in [1.29, 1.82) is 0 Å². The Labute approximate surface area is 151 Å². The topological polar surface area (TPSA) is 45.7 Å². The highest BCUT2D eigenvalue weighted by Crippen LogP contribution is 2.42. The van der Waals surface area contributed by atoms with Gasteiger partial charge >= 0.3 is 0 Å². The molecule has 0 spiro atoms. The fourth-order valence-corrected chi connectivity index (χ4v) is 3.93. The smallest absolute Gasteiger partial charge is 0.231 e. The van der Waals surface area contributed by atoms with E-state index in [2.05, 4.69) is 9.88 Å². The summed E-state index contributed by atoms with van der Waals surface area (Å²) < 4.78 is 5.78. The van der Waals surface area contributed by atoms with Crippen molar-refractivity contribution in [3.05, 3.63) is 60.3 Å². The van der Waals surface area contributed by atoms with E-state index in [4.69, 9.17) is 4.74 Å². The summed E-state index contributed by atoms with van der Waals surface area (Å²) in [4.78, 5) is 21.8. The van der Waals surface area contributed by atoms with Gasteiger partial charge in [0.15, 0.2) is 0 Å². The highest BCUT2D eigenvalue weighted by atomic mass is 16.5. The number of hydrogen-bond acceptors (Lipinski definition) is 4. The zero-order chi connectivity index (χ0) is 17.5. The second-order valence-corrected chi connectivity index (χ2v) is 6.67. The van der Waals surface area contributed by atoms with Crippen LogP contribution in [0.1, 0.15) is 5.56 Å². The molecule has 1 amide bonds. The van der Waals surface area contributed by atoms with Crippen LogP contribution in [0.5, 0.6) is 5.75 Å². The van der Waals surface area contributed by atoms with Gasteiger partial charge in [-0.25, -0.2) is 0 Å². The quantitative estimate of drug-likeness (QED) is 0.716. The first-order valence-corrected chi connectivity index (χ1v) is 8.95. The number of hydrogen-bond donors (Lipinski definition) is 0. The first-order chi connectivity index (χ1) is 12.8. The third-order valence-corrected chi connectivity index (χ3v) is 5.16. The van der Waals surface area contributed by atoms with E-state index >= 15 is 0 Å². The second-order valence-electron chi connectivity index (χ2n) is 6.67. The molecule has 3 aromatic rings. The summed E-state index contributed by atoms with van der Waals surface area (Å²) in [7, 11) is 0. The predicted molar refractivity (Wildman–Crippen MR) is 102 cm³/mol. The Bertz CT molecular complexity index is 996. The number of nitrogens with zero attached hydrogens (tertiary/aromatic N) is 3. The van der Waals surface area contributed by atoms with Gasteiger partial charge in [0.2, 0.25) is 5.91 Å². The van der Waals surface area contributed by atoms with Crippen LogP contribution in [0.4, 0.5) is 11.4 Å². The van der Waals surface area contributed by atoms with Crippen LogP contribution < -0.4 is 14.5 Å². The van der Waals surface area contributed by atoms with Gasteiger partial charge in [-0.3, -0.25) is 9.78 Å². The average Bonchev–Trinajstić information content (AvgIpc) is 2.69. The molecular formula is C21H19N3O2. The molecule has 26 heavy (non-hydrogen) atoms. The fourth-order valence-electron chi connectivity index (χ4n) is 3.93. The summed E-state index contributed by atoms with van der Waals surface area (Å²) >= 11 is 0. The molecule has 0 saturated carbocycles. The summed E-state index contributed by atoms with van der Waals surface area (Å²) in [6.07, 6.45) is 2.12. The number of anilines is 2. The Morgan fingerprint density at radius 3 is 2.88 bits per heavy atom. The summed E-state index contributed by atoms with van der Waals surface area (Å²) in [5.74, 6) is 0.972. The Balaban J connectivity index is 1.50. The minimum absolute atomic E-state index is 0.0989. The Kier molecular flexibility index (Phi) is 3.52. The molecule has 5 rings (SSSR count). The minimum Gasteiger partial charge on any atom is -0.489 e. The molecule has 2 aliphatic heterocycles. The number of benzene rings is 2. The van der Waals surface area contributed by atoms with E-state index in [1.54, 1.807) is 6.20 Å². The molecule has 130 valence electrons. The van der Waals surface area contributed by atoms with E-state index in [0.29, 0.717) is 19.6 Å². The average molecular weight is 345 g/mol. The third kappa shape index (κ3) is 2.39. The lowest BCUT2D eigenvalue weighted by molar-refractivity contribution is -0.118. The number of pyridine rings is 1. The number of rotatable bonds is 2. The lowest BCUT2D eigenvalue weighted by Gasteiger charge is -2.41. The number of aromatic nitrogens is 1. The number of carbonyl (C=O) groups excluding carboxylic acids is 1. The van der Waals surface area contributed by atoms with Crippen molar-refractivity contribution in [2.24, 2.45) is 0 Å². The lowest BCUT2D eigenvalue weighted by Crippen LogP contribution is -2.47. The van der Waals surface area contributed by atoms with E-state index < -0.39 is 0 Å². The monoisotopic (exact) mass is 345 g/mol. The van der Waals surface area contributed by atoms with E-state index in [-0.39, 0.29) is 5.91 Å². The molecule has 0 N–H and O–H groups in total. The van der Waals surface area contributed by atoms with Crippen LogP contribution in [0, 0.1) is 0 Å². The molecule has 0 bridgehead atoms. The van der Waals surface area contributed by atoms with Crippen molar-refractivity contribution < 1.29 is 9.53 Å². The highest BCUT2D eigenvalue weighted by molar-refractivity contribution is 6.01. The minimum atomic E-state index is 0.0989. The molecule has 0 aliphatic carbocycles. The maximum atomic E-state index is 13.1. The number of para-hydroxylation sites is 2. The van der Waals surface area contributed by atoms with Crippen LogP contribution in [-0.2, 0) is 11.2 Å². The van der Waals surface area contributed by atoms with Gasteiger partial charge in [0.1, 0.15) is 18.0 Å². The lowest BCUT2D eigenvalue weighted by atomic mass is 10.0. The molecule has 0 radical (unpaired) electrons. The highest BCUT2D eigenvalue weighted by Gasteiger charge is 2.31. The normalized spacial score (nSPS) is 15.5. The maximum Gasteiger partial charge on any atom is 0.231 e. The number of ether oxygens (including phenoxy) is 1. The van der Waals surface area contributed by atoms with Crippen molar-refractivity contribution in [2.75, 3.05) is 36.0 Å². The van der Waals surface area contributed by atoms with E-state index in [0.717, 1.165) is 46.7 Å². The Morgan fingerprint density at radius 1 is 1.04 bits per heavy atom. The van der Waals surface area contributed by atoms with Crippen LogP contribution in [0.2, 0.25) is 0 Å². The molecule has 0 fully saturated rings. The first-order valence-electron chi connectivity index (χ1n) is 8.95. The summed E-state index contributed by atoms with van der Waals surface area (Å²) in [5.41, 5.74) is 3.87. The van der Waals surface area contributed by atoms with Gasteiger partial charge in [-0.05, 0) is 23.8 Å². The van der Waals surface area contributed by atoms with E-state index in [1.165, 1.54) is 0 Å². The fraction of sp³-hybridized carbons (Fsp3) is 0.238. The summed E-state index contributed by atoms with van der Waals surface area (Å²) in [5, 5.41) is 1.06. The van der Waals surface area contributed by atoms with Crippen LogP contribution in [-0.4, -0.2) is 37.1 Å². The molecule has 1 aromatic heterocycles. The van der Waals surface area contributed by atoms with E-state index in [1.807, 2.05) is 53.4 Å². The van der Waals surface area contributed by atoms with Gasteiger partial charge in [-0.2, -0.15) is 0 Å². The van der Waals surface area contributed by atoms with Gasteiger partial charge in [0.25, 0.3) is 0 Å². The molecule has 3 heterocycles. The standard InChI is InChI=1S/C21H19N3O2/c25-19(14-16-5-1-4-15-6-3-9-22-20(15)16)24-11-10-23-12-13-26-18-8-2-7-17(24)21(18)23/h1-9H,10-14H2. The van der Waals surface area contributed by atoms with Crippen molar-refractivity contribution in [3.63, 3.8) is 0 Å². The second kappa shape index (κ2) is 6.02. The summed E-state index contributed by atoms with van der Waals surface area (Å²) in [6, 6.07) is 15.9. The van der Waals surface area contributed by atoms with Crippen LogP contribution in [0.15, 0.2) is 54.7 Å². The van der Waals surface area contributed by atoms with Gasteiger partial charge in [-0.1, -0.05) is 30.3 Å². The molecule has 2 aliphatic rings. The number of fused-ring (bicyclic) bond motifs is 1. The number of carbonyl (C=O) groups is 1. The predicted octanol–water partition coefficient (Wildman–Crippen LogP) is 3.02. The third-order valence-electron chi connectivity index (χ3n) is 5.16. The Morgan fingerprint density at radius 2 is 1.92 bits per heavy atom. The molecule has 0 atom stereocenters. The van der Waals surface area contributed by atoms with Gasteiger partial charge in [0.05, 0.1) is 24.2 Å². The maximum absolute atomic E-state index is 13.1. The molecular weight excluding hydrogens is 326 g/mol. The SMILES string of the molecule is O=C(Cc1cccc2cccnc12)N1CCN2CCOc3cccc1c32. The van der Waals surface area contributed by atoms with Crippen LogP contribution in [0.25, 0.3) is 10.9 Å². The zero-order valence-electron chi connectivity index (χ0n) is 14.4. The molecule has 2 aromatic carbocycles. The van der Waals surface area contributed by atoms with Crippen LogP contribution in [0.3, 0.4) is 0 Å². The van der Waals surface area contributed by atoms with Crippen molar-refractivity contribution in [2.45, 2.75) is 6.42 Å². The Hall–Kier alpha value is -3.08. The molecule has 0 saturated heterocycles. The van der Waals surface area contributed by atoms with Crippen molar-refractivity contribution in [1.82, 2.24) is 4.98 Å². The molecule has 5 nitrogen and oxygen atoms in total. The van der Waals surface area contributed by atoms with Gasteiger partial charge in [0, 0.05) is 24.7 Å². The van der Waals surface area contributed by atoms with Gasteiger partial charge in [-0.15, -0.1) is 0 Å². The largest absolute Gasteiger partial charge is 0.489 e. The van der Waals surface area contributed by atoms with E-state index in [9.17, 15) is 4.79 Å². The summed E-state index contributed by atoms with van der Waals surface area (Å²) in [6.45, 7) is 3.12. The van der Waals surface area contributed by atoms with Crippen LogP contribution >= 0.6 is 0 Å². The zero-order valence-corrected chi connectivity index (χ0v) is 14.4. The molecule has 0 unspecified atom stereocenters.